The topological polar surface area (TPSA) is 133 Å². The summed E-state index contributed by atoms with van der Waals surface area (Å²) in [7, 11) is 1.64. The second-order valence-electron chi connectivity index (χ2n) is 5.43. The molecule has 0 aromatic rings. The van der Waals surface area contributed by atoms with Crippen LogP contribution in [0.25, 0.3) is 0 Å². The van der Waals surface area contributed by atoms with Crippen molar-refractivity contribution in [2.24, 2.45) is 0 Å². The Hall–Kier alpha value is -2.58. The lowest BCUT2D eigenvalue weighted by molar-refractivity contribution is -0.156. The molecule has 0 spiro atoms. The minimum absolute atomic E-state index is 0.235. The van der Waals surface area contributed by atoms with Gasteiger partial charge in [-0.25, -0.2) is 19.2 Å². The van der Waals surface area contributed by atoms with E-state index in [0.717, 1.165) is 0 Å². The van der Waals surface area contributed by atoms with E-state index < -0.39 is 23.6 Å². The van der Waals surface area contributed by atoms with Gasteiger partial charge < -0.3 is 25.2 Å². The lowest BCUT2D eigenvalue weighted by atomic mass is 10.2. The predicted octanol–water partition coefficient (Wildman–Crippen LogP) is 0.0635. The third-order valence-electron chi connectivity index (χ3n) is 2.16. The van der Waals surface area contributed by atoms with Crippen LogP contribution in [0.15, 0.2) is 12.2 Å². The highest BCUT2D eigenvalue weighted by Crippen LogP contribution is 2.11. The first-order valence-electron chi connectivity index (χ1n) is 6.31. The van der Waals surface area contributed by atoms with Crippen LogP contribution in [0.2, 0.25) is 0 Å². The van der Waals surface area contributed by atoms with E-state index in [-0.39, 0.29) is 12.0 Å². The second kappa shape index (κ2) is 8.01. The average Bonchev–Trinajstić information content (AvgIpc) is 2.66. The molecule has 2 amide bonds. The molecule has 1 unspecified atom stereocenters. The van der Waals surface area contributed by atoms with Gasteiger partial charge in [0, 0.05) is 19.2 Å². The van der Waals surface area contributed by atoms with Crippen molar-refractivity contribution in [3.05, 3.63) is 12.2 Å². The van der Waals surface area contributed by atoms with Gasteiger partial charge in [-0.3, -0.25) is 0 Å². The number of carboxylic acids is 2. The minimum atomic E-state index is -1.26. The maximum atomic E-state index is 11.5. The van der Waals surface area contributed by atoms with E-state index in [2.05, 4.69) is 5.32 Å². The highest BCUT2D eigenvalue weighted by atomic mass is 16.6. The molecule has 0 saturated carbocycles. The van der Waals surface area contributed by atoms with Crippen molar-refractivity contribution in [2.45, 2.75) is 32.4 Å². The number of hydrogen-bond acceptors (Lipinski definition) is 5. The fraction of sp³-hybridized carbons (Fsp3) is 0.538. The van der Waals surface area contributed by atoms with Gasteiger partial charge in [-0.2, -0.15) is 0 Å². The number of carboxylic acid groups (broad SMARTS) is 2. The highest BCUT2D eigenvalue weighted by Gasteiger charge is 2.34. The Kier molecular flexibility index (Phi) is 7.07. The molecular weight excluding hydrogens is 296 g/mol. The number of ether oxygens (including phenoxy) is 1. The Morgan fingerprint density at radius 3 is 1.95 bits per heavy atom. The second-order valence-corrected chi connectivity index (χ2v) is 5.43. The zero-order valence-electron chi connectivity index (χ0n) is 12.8. The zero-order valence-corrected chi connectivity index (χ0v) is 12.8. The van der Waals surface area contributed by atoms with E-state index in [1.54, 1.807) is 27.8 Å². The number of likely N-dealkylation sites (N-methyl/N-ethyl adjacent to an activating group) is 1. The summed E-state index contributed by atoms with van der Waals surface area (Å²) in [5, 5.41) is 18.2. The van der Waals surface area contributed by atoms with Crippen molar-refractivity contribution in [1.29, 1.82) is 0 Å². The molecule has 1 heterocycles. The fourth-order valence-electron chi connectivity index (χ4n) is 1.31. The summed E-state index contributed by atoms with van der Waals surface area (Å²) >= 11 is 0. The van der Waals surface area contributed by atoms with Crippen LogP contribution in [-0.2, 0) is 19.1 Å². The Labute approximate surface area is 127 Å². The number of amides is 2. The first-order valence-corrected chi connectivity index (χ1v) is 6.31. The van der Waals surface area contributed by atoms with Crippen molar-refractivity contribution in [1.82, 2.24) is 10.2 Å². The maximum Gasteiger partial charge on any atom is 0.331 e. The zero-order chi connectivity index (χ0) is 17.5. The third-order valence-corrected chi connectivity index (χ3v) is 2.16. The van der Waals surface area contributed by atoms with Crippen LogP contribution < -0.4 is 5.32 Å². The van der Waals surface area contributed by atoms with Crippen LogP contribution in [0.4, 0.5) is 4.79 Å². The standard InChI is InChI=1S/C9H16N2O3.C4H4O4/c1-9(2,3)14-7(12)6-5-11(4)8(13)10-6;5-3(6)1-2-4(7)8/h6H,5H2,1-4H3,(H,10,13);1-2H,(H,5,6)(H,7,8)/b;2-1+. The summed E-state index contributed by atoms with van der Waals surface area (Å²) in [6, 6.07) is -0.771. The van der Waals surface area contributed by atoms with Crippen molar-refractivity contribution >= 4 is 23.9 Å². The summed E-state index contributed by atoms with van der Waals surface area (Å²) in [4.78, 5) is 43.1. The normalized spacial score (nSPS) is 17.5. The Morgan fingerprint density at radius 1 is 1.23 bits per heavy atom. The Bertz CT molecular complexity index is 463. The molecule has 1 rings (SSSR count). The summed E-state index contributed by atoms with van der Waals surface area (Å²) < 4.78 is 5.14. The molecule has 1 fully saturated rings. The molecule has 9 heteroatoms. The Morgan fingerprint density at radius 2 is 1.68 bits per heavy atom. The fourth-order valence-corrected chi connectivity index (χ4v) is 1.31. The van der Waals surface area contributed by atoms with E-state index in [1.165, 1.54) is 4.90 Å². The number of carbonyl (C=O) groups excluding carboxylic acids is 2. The quantitative estimate of drug-likeness (QED) is 0.495. The van der Waals surface area contributed by atoms with Crippen LogP contribution >= 0.6 is 0 Å². The molecule has 0 aliphatic carbocycles. The van der Waals surface area contributed by atoms with Gasteiger partial charge in [-0.1, -0.05) is 0 Å². The lowest BCUT2D eigenvalue weighted by Gasteiger charge is -2.21. The van der Waals surface area contributed by atoms with Crippen molar-refractivity contribution in [3.63, 3.8) is 0 Å². The van der Waals surface area contributed by atoms with Crippen LogP contribution in [-0.4, -0.2) is 64.3 Å². The van der Waals surface area contributed by atoms with Crippen molar-refractivity contribution < 1.29 is 34.1 Å². The number of esters is 1. The number of hydrogen-bond donors (Lipinski definition) is 3. The van der Waals surface area contributed by atoms with Gasteiger partial charge in [0.2, 0.25) is 0 Å². The molecule has 9 nitrogen and oxygen atoms in total. The smallest absolute Gasteiger partial charge is 0.331 e. The monoisotopic (exact) mass is 316 g/mol. The minimum Gasteiger partial charge on any atom is -0.478 e. The number of nitrogens with zero attached hydrogens (tertiary/aromatic N) is 1. The molecule has 1 aliphatic heterocycles. The molecule has 0 aromatic heterocycles. The molecule has 0 aromatic carbocycles. The number of urea groups is 1. The molecule has 1 atom stereocenters. The molecule has 0 bridgehead atoms. The van der Waals surface area contributed by atoms with Gasteiger partial charge in [-0.05, 0) is 20.8 Å². The van der Waals surface area contributed by atoms with Gasteiger partial charge in [0.1, 0.15) is 11.6 Å². The molecule has 3 N–H and O–H groups in total. The van der Waals surface area contributed by atoms with Crippen LogP contribution in [0.5, 0.6) is 0 Å². The van der Waals surface area contributed by atoms with E-state index in [1.807, 2.05) is 0 Å². The summed E-state index contributed by atoms with van der Waals surface area (Å²) in [5.41, 5.74) is -0.511. The lowest BCUT2D eigenvalue weighted by Crippen LogP contribution is -2.39. The van der Waals surface area contributed by atoms with Gasteiger partial charge in [0.15, 0.2) is 0 Å². The van der Waals surface area contributed by atoms with E-state index in [9.17, 15) is 19.2 Å². The predicted molar refractivity (Wildman–Crippen MR) is 75.2 cm³/mol. The highest BCUT2D eigenvalue weighted by molar-refractivity contribution is 5.89. The van der Waals surface area contributed by atoms with Gasteiger partial charge in [0.25, 0.3) is 0 Å². The maximum absolute atomic E-state index is 11.5. The molecule has 124 valence electrons. The number of rotatable bonds is 3. The van der Waals surface area contributed by atoms with Gasteiger partial charge >= 0.3 is 23.9 Å². The van der Waals surface area contributed by atoms with Crippen molar-refractivity contribution in [3.8, 4) is 0 Å². The molecule has 1 aliphatic rings. The van der Waals surface area contributed by atoms with Gasteiger partial charge in [0.05, 0.1) is 6.54 Å². The largest absolute Gasteiger partial charge is 0.478 e. The first-order chi connectivity index (χ1) is 9.92. The van der Waals surface area contributed by atoms with Crippen molar-refractivity contribution in [2.75, 3.05) is 13.6 Å². The molecule has 0 radical (unpaired) electrons. The number of aliphatic carboxylic acids is 2. The molecule has 1 saturated heterocycles. The molecule has 22 heavy (non-hydrogen) atoms. The first kappa shape index (κ1) is 19.4. The van der Waals surface area contributed by atoms with Crippen LogP contribution in [0, 0.1) is 0 Å². The van der Waals surface area contributed by atoms with E-state index >= 15 is 0 Å². The van der Waals surface area contributed by atoms with Crippen LogP contribution in [0.3, 0.4) is 0 Å². The summed E-state index contributed by atoms with van der Waals surface area (Å²) in [6.07, 6.45) is 1.12. The number of carbonyl (C=O) groups is 4. The van der Waals surface area contributed by atoms with E-state index in [0.29, 0.717) is 18.7 Å². The number of nitrogens with one attached hydrogen (secondary N) is 1. The van der Waals surface area contributed by atoms with E-state index in [4.69, 9.17) is 14.9 Å². The van der Waals surface area contributed by atoms with Gasteiger partial charge in [-0.15, -0.1) is 0 Å². The van der Waals surface area contributed by atoms with Crippen LogP contribution in [0.1, 0.15) is 20.8 Å². The average molecular weight is 316 g/mol. The molecular formula is C13H20N2O7. The SMILES string of the molecule is CN1CC(C(=O)OC(C)(C)C)NC1=O.O=C(O)/C=C/C(=O)O. The third kappa shape index (κ3) is 8.56. The summed E-state index contributed by atoms with van der Waals surface area (Å²) in [5.74, 6) is -2.89. The Balaban J connectivity index is 0.000000472. The summed E-state index contributed by atoms with van der Waals surface area (Å²) in [6.45, 7) is 5.76.